The summed E-state index contributed by atoms with van der Waals surface area (Å²) >= 11 is 0. The molecule has 0 aliphatic rings. The highest BCUT2D eigenvalue weighted by Crippen LogP contribution is 2.19. The second-order valence-electron chi connectivity index (χ2n) is 5.57. The fraction of sp³-hybridized carbons (Fsp3) is 0. The SMILES string of the molecule is N#Cc1ccccc1NC(=O)c1cccc(C(=O)Nc2c(F)cccc2F)n1. The first-order valence-corrected chi connectivity index (χ1v) is 8.02. The number of nitrogens with one attached hydrogen (secondary N) is 2. The number of amides is 2. The number of para-hydroxylation sites is 2. The van der Waals surface area contributed by atoms with Crippen molar-refractivity contribution in [2.24, 2.45) is 0 Å². The molecule has 2 aromatic carbocycles. The Bertz CT molecular complexity index is 1090. The van der Waals surface area contributed by atoms with Crippen molar-refractivity contribution in [1.29, 1.82) is 5.26 Å². The van der Waals surface area contributed by atoms with Crippen LogP contribution in [0.2, 0.25) is 0 Å². The summed E-state index contributed by atoms with van der Waals surface area (Å²) in [7, 11) is 0. The van der Waals surface area contributed by atoms with Crippen molar-refractivity contribution in [1.82, 2.24) is 4.98 Å². The molecule has 0 radical (unpaired) electrons. The van der Waals surface area contributed by atoms with Gasteiger partial charge in [-0.15, -0.1) is 0 Å². The van der Waals surface area contributed by atoms with Gasteiger partial charge in [-0.3, -0.25) is 9.59 Å². The van der Waals surface area contributed by atoms with E-state index in [0.29, 0.717) is 5.69 Å². The van der Waals surface area contributed by atoms with Gasteiger partial charge in [-0.2, -0.15) is 5.26 Å². The Balaban J connectivity index is 1.81. The smallest absolute Gasteiger partial charge is 0.274 e. The van der Waals surface area contributed by atoms with Crippen LogP contribution in [0.5, 0.6) is 0 Å². The predicted octanol–water partition coefficient (Wildman–Crippen LogP) is 3.74. The third kappa shape index (κ3) is 3.99. The third-order valence-corrected chi connectivity index (χ3v) is 3.71. The van der Waals surface area contributed by atoms with Crippen molar-refractivity contribution >= 4 is 23.2 Å². The lowest BCUT2D eigenvalue weighted by Gasteiger charge is -2.09. The fourth-order valence-corrected chi connectivity index (χ4v) is 2.36. The van der Waals surface area contributed by atoms with Crippen molar-refractivity contribution in [3.63, 3.8) is 0 Å². The summed E-state index contributed by atoms with van der Waals surface area (Å²) in [4.78, 5) is 28.6. The molecule has 28 heavy (non-hydrogen) atoms. The van der Waals surface area contributed by atoms with Crippen LogP contribution in [-0.4, -0.2) is 16.8 Å². The molecule has 0 saturated carbocycles. The van der Waals surface area contributed by atoms with Crippen LogP contribution in [0, 0.1) is 23.0 Å². The molecule has 0 saturated heterocycles. The first kappa shape index (κ1) is 18.7. The van der Waals surface area contributed by atoms with Crippen LogP contribution in [-0.2, 0) is 0 Å². The summed E-state index contributed by atoms with van der Waals surface area (Å²) in [5.41, 5.74) is -0.356. The van der Waals surface area contributed by atoms with Crippen LogP contribution >= 0.6 is 0 Å². The molecule has 3 rings (SSSR count). The molecule has 0 aliphatic heterocycles. The quantitative estimate of drug-likeness (QED) is 0.723. The molecule has 0 atom stereocenters. The van der Waals surface area contributed by atoms with E-state index in [2.05, 4.69) is 15.6 Å². The van der Waals surface area contributed by atoms with E-state index in [-0.39, 0.29) is 17.0 Å². The minimum absolute atomic E-state index is 0.102. The maximum atomic E-state index is 13.7. The summed E-state index contributed by atoms with van der Waals surface area (Å²) < 4.78 is 27.4. The van der Waals surface area contributed by atoms with Crippen molar-refractivity contribution < 1.29 is 18.4 Å². The maximum absolute atomic E-state index is 13.7. The molecule has 3 aromatic rings. The van der Waals surface area contributed by atoms with E-state index >= 15 is 0 Å². The highest BCUT2D eigenvalue weighted by atomic mass is 19.1. The highest BCUT2D eigenvalue weighted by Gasteiger charge is 2.17. The Morgan fingerprint density at radius 3 is 2.04 bits per heavy atom. The normalized spacial score (nSPS) is 10.0. The lowest BCUT2D eigenvalue weighted by molar-refractivity contribution is 0.101. The number of carbonyl (C=O) groups excluding carboxylic acids is 2. The highest BCUT2D eigenvalue weighted by molar-refractivity contribution is 6.06. The molecular formula is C20H12F2N4O2. The standard InChI is InChI=1S/C20H12F2N4O2/c21-13-6-3-7-14(22)18(13)26-20(28)17-10-4-9-16(24-17)19(27)25-15-8-2-1-5-12(15)11-23/h1-10H,(H,25,27)(H,26,28). The average Bonchev–Trinajstić information content (AvgIpc) is 2.71. The van der Waals surface area contributed by atoms with Crippen molar-refractivity contribution in [2.45, 2.75) is 0 Å². The molecule has 1 aromatic heterocycles. The zero-order chi connectivity index (χ0) is 20.1. The molecule has 8 heteroatoms. The van der Waals surface area contributed by atoms with Crippen LogP contribution in [0.3, 0.4) is 0 Å². The number of rotatable bonds is 4. The van der Waals surface area contributed by atoms with Gasteiger partial charge in [0.15, 0.2) is 0 Å². The van der Waals surface area contributed by atoms with Crippen LogP contribution in [0.1, 0.15) is 26.5 Å². The second-order valence-corrected chi connectivity index (χ2v) is 5.57. The van der Waals surface area contributed by atoms with Gasteiger partial charge in [-0.1, -0.05) is 24.3 Å². The van der Waals surface area contributed by atoms with Gasteiger partial charge in [-0.25, -0.2) is 13.8 Å². The lowest BCUT2D eigenvalue weighted by atomic mass is 10.2. The lowest BCUT2D eigenvalue weighted by Crippen LogP contribution is -2.19. The number of hydrogen-bond donors (Lipinski definition) is 2. The fourth-order valence-electron chi connectivity index (χ4n) is 2.36. The zero-order valence-corrected chi connectivity index (χ0v) is 14.2. The topological polar surface area (TPSA) is 94.9 Å². The Morgan fingerprint density at radius 2 is 1.39 bits per heavy atom. The predicted molar refractivity (Wildman–Crippen MR) is 97.7 cm³/mol. The van der Waals surface area contributed by atoms with Gasteiger partial charge < -0.3 is 10.6 Å². The molecule has 0 aliphatic carbocycles. The summed E-state index contributed by atoms with van der Waals surface area (Å²) in [6, 6.07) is 15.6. The van der Waals surface area contributed by atoms with Gasteiger partial charge in [0.05, 0.1) is 11.3 Å². The van der Waals surface area contributed by atoms with E-state index < -0.39 is 29.1 Å². The molecule has 0 fully saturated rings. The molecule has 0 bridgehead atoms. The molecule has 138 valence electrons. The zero-order valence-electron chi connectivity index (χ0n) is 14.2. The number of halogens is 2. The van der Waals surface area contributed by atoms with Crippen molar-refractivity contribution in [2.75, 3.05) is 10.6 Å². The van der Waals surface area contributed by atoms with Gasteiger partial charge in [0.25, 0.3) is 11.8 Å². The minimum Gasteiger partial charge on any atom is -0.319 e. The summed E-state index contributed by atoms with van der Waals surface area (Å²) in [5, 5.41) is 13.7. The largest absolute Gasteiger partial charge is 0.319 e. The van der Waals surface area contributed by atoms with E-state index in [1.165, 1.54) is 30.3 Å². The number of benzene rings is 2. The Hall–Kier alpha value is -4.12. The molecule has 0 unspecified atom stereocenters. The maximum Gasteiger partial charge on any atom is 0.274 e. The van der Waals surface area contributed by atoms with E-state index in [1.54, 1.807) is 18.2 Å². The third-order valence-electron chi connectivity index (χ3n) is 3.71. The molecule has 1 heterocycles. The molecular weight excluding hydrogens is 366 g/mol. The number of anilines is 2. The number of carbonyl (C=O) groups is 2. The van der Waals surface area contributed by atoms with Gasteiger partial charge >= 0.3 is 0 Å². The number of hydrogen-bond acceptors (Lipinski definition) is 4. The second kappa shape index (κ2) is 8.05. The van der Waals surface area contributed by atoms with E-state index in [9.17, 15) is 18.4 Å². The number of nitrogens with zero attached hydrogens (tertiary/aromatic N) is 2. The molecule has 2 N–H and O–H groups in total. The van der Waals surface area contributed by atoms with E-state index in [1.807, 2.05) is 6.07 Å². The van der Waals surface area contributed by atoms with Gasteiger partial charge in [0, 0.05) is 0 Å². The summed E-state index contributed by atoms with van der Waals surface area (Å²) in [5.74, 6) is -3.39. The van der Waals surface area contributed by atoms with Crippen LogP contribution in [0.4, 0.5) is 20.2 Å². The van der Waals surface area contributed by atoms with Crippen molar-refractivity contribution in [3.05, 3.63) is 89.2 Å². The van der Waals surface area contributed by atoms with Gasteiger partial charge in [0.1, 0.15) is 34.8 Å². The number of nitriles is 1. The summed E-state index contributed by atoms with van der Waals surface area (Å²) in [6.45, 7) is 0. The first-order valence-electron chi connectivity index (χ1n) is 8.02. The van der Waals surface area contributed by atoms with Gasteiger partial charge in [-0.05, 0) is 36.4 Å². The van der Waals surface area contributed by atoms with Crippen LogP contribution < -0.4 is 10.6 Å². The average molecular weight is 378 g/mol. The van der Waals surface area contributed by atoms with E-state index in [4.69, 9.17) is 5.26 Å². The Kier molecular flexibility index (Phi) is 5.37. The summed E-state index contributed by atoms with van der Waals surface area (Å²) in [6.07, 6.45) is 0. The monoisotopic (exact) mass is 378 g/mol. The van der Waals surface area contributed by atoms with E-state index in [0.717, 1.165) is 12.1 Å². The molecule has 0 spiro atoms. The molecule has 6 nitrogen and oxygen atoms in total. The Labute approximate surface area is 158 Å². The van der Waals surface area contributed by atoms with Gasteiger partial charge in [0.2, 0.25) is 0 Å². The van der Waals surface area contributed by atoms with Crippen LogP contribution in [0.15, 0.2) is 60.7 Å². The molecule has 2 amide bonds. The number of pyridine rings is 1. The minimum atomic E-state index is -0.935. The van der Waals surface area contributed by atoms with Crippen LogP contribution in [0.25, 0.3) is 0 Å². The first-order chi connectivity index (χ1) is 13.5. The van der Waals surface area contributed by atoms with Crippen molar-refractivity contribution in [3.8, 4) is 6.07 Å². The number of aromatic nitrogens is 1. The Morgan fingerprint density at radius 1 is 0.821 bits per heavy atom.